The Hall–Kier alpha value is -1.88. The van der Waals surface area contributed by atoms with Gasteiger partial charge >= 0.3 is 0 Å². The number of hydrogen-bond donors (Lipinski definition) is 1. The van der Waals surface area contributed by atoms with Gasteiger partial charge in [-0.25, -0.2) is 0 Å². The summed E-state index contributed by atoms with van der Waals surface area (Å²) in [5.74, 6) is -0.467. The van der Waals surface area contributed by atoms with Gasteiger partial charge in [0.15, 0.2) is 0 Å². The van der Waals surface area contributed by atoms with E-state index in [2.05, 4.69) is 0 Å². The van der Waals surface area contributed by atoms with Crippen LogP contribution < -0.4 is 4.90 Å². The largest absolute Gasteiger partial charge is 0.387 e. The summed E-state index contributed by atoms with van der Waals surface area (Å²) >= 11 is 0. The summed E-state index contributed by atoms with van der Waals surface area (Å²) < 4.78 is 0. The highest BCUT2D eigenvalue weighted by molar-refractivity contribution is 6.01. The van der Waals surface area contributed by atoms with Crippen LogP contribution in [0.1, 0.15) is 13.3 Å². The van der Waals surface area contributed by atoms with Crippen LogP contribution in [0.2, 0.25) is 0 Å². The van der Waals surface area contributed by atoms with Gasteiger partial charge in [0.25, 0.3) is 0 Å². The lowest BCUT2D eigenvalue weighted by Crippen LogP contribution is -2.46. The highest BCUT2D eigenvalue weighted by Crippen LogP contribution is 2.24. The Balaban J connectivity index is 2.15. The molecule has 5 nitrogen and oxygen atoms in total. The van der Waals surface area contributed by atoms with Crippen molar-refractivity contribution < 1.29 is 14.7 Å². The van der Waals surface area contributed by atoms with E-state index in [0.717, 1.165) is 5.69 Å². The maximum absolute atomic E-state index is 12.4. The van der Waals surface area contributed by atoms with E-state index < -0.39 is 18.6 Å². The van der Waals surface area contributed by atoms with Gasteiger partial charge in [0.05, 0.1) is 0 Å². The third kappa shape index (κ3) is 2.61. The van der Waals surface area contributed by atoms with Gasteiger partial charge < -0.3 is 14.9 Å². The fourth-order valence-electron chi connectivity index (χ4n) is 2.48. The molecule has 5 heteroatoms. The second kappa shape index (κ2) is 5.84. The highest BCUT2D eigenvalue weighted by Gasteiger charge is 2.37. The van der Waals surface area contributed by atoms with Crippen molar-refractivity contribution in [3.8, 4) is 0 Å². The summed E-state index contributed by atoms with van der Waals surface area (Å²) in [4.78, 5) is 27.1. The number of nitrogens with zero attached hydrogens (tertiary/aromatic N) is 2. The van der Waals surface area contributed by atoms with E-state index in [9.17, 15) is 9.59 Å². The van der Waals surface area contributed by atoms with Gasteiger partial charge in [-0.05, 0) is 25.5 Å². The maximum atomic E-state index is 12.4. The Morgan fingerprint density at radius 1 is 1.42 bits per heavy atom. The molecular formula is C14H18N2O3. The van der Waals surface area contributed by atoms with Gasteiger partial charge in [-0.2, -0.15) is 0 Å². The summed E-state index contributed by atoms with van der Waals surface area (Å²) in [6, 6.07) is 8.97. The summed E-state index contributed by atoms with van der Waals surface area (Å²) in [6.45, 7) is 2.29. The first-order chi connectivity index (χ1) is 9.19. The zero-order valence-corrected chi connectivity index (χ0v) is 11.0. The molecule has 1 fully saturated rings. The Labute approximate surface area is 112 Å². The van der Waals surface area contributed by atoms with Crippen LogP contribution in [-0.4, -0.2) is 47.6 Å². The van der Waals surface area contributed by atoms with Crippen LogP contribution in [0.5, 0.6) is 0 Å². The van der Waals surface area contributed by atoms with Crippen molar-refractivity contribution in [2.45, 2.75) is 19.4 Å². The number of anilines is 1. The Morgan fingerprint density at radius 2 is 2.11 bits per heavy atom. The molecule has 0 radical (unpaired) electrons. The molecule has 1 aromatic rings. The molecule has 2 rings (SSSR count). The number of carbonyl (C=O) groups is 2. The summed E-state index contributed by atoms with van der Waals surface area (Å²) in [6.07, 6.45) is 0.604. The number of amides is 2. The first-order valence-electron chi connectivity index (χ1n) is 6.45. The molecule has 0 aliphatic carbocycles. The smallest absolute Gasteiger partial charge is 0.249 e. The van der Waals surface area contributed by atoms with Crippen LogP contribution in [-0.2, 0) is 9.59 Å². The van der Waals surface area contributed by atoms with Crippen molar-refractivity contribution >= 4 is 17.5 Å². The fourth-order valence-corrected chi connectivity index (χ4v) is 2.48. The van der Waals surface area contributed by atoms with E-state index >= 15 is 0 Å². The average Bonchev–Trinajstić information content (AvgIpc) is 2.82. The van der Waals surface area contributed by atoms with E-state index in [0.29, 0.717) is 19.5 Å². The molecular weight excluding hydrogens is 244 g/mol. The Kier molecular flexibility index (Phi) is 4.16. The van der Waals surface area contributed by atoms with Gasteiger partial charge in [-0.3, -0.25) is 9.59 Å². The van der Waals surface area contributed by atoms with Crippen LogP contribution in [0.25, 0.3) is 0 Å². The van der Waals surface area contributed by atoms with Crippen LogP contribution >= 0.6 is 0 Å². The molecule has 1 heterocycles. The van der Waals surface area contributed by atoms with Crippen LogP contribution in [0.4, 0.5) is 5.69 Å². The zero-order valence-electron chi connectivity index (χ0n) is 11.0. The molecule has 0 bridgehead atoms. The minimum absolute atomic E-state index is 0.0742. The van der Waals surface area contributed by atoms with Gasteiger partial charge in [0, 0.05) is 18.8 Å². The van der Waals surface area contributed by atoms with Crippen molar-refractivity contribution in [1.29, 1.82) is 0 Å². The first-order valence-corrected chi connectivity index (χ1v) is 6.45. The van der Waals surface area contributed by atoms with Crippen LogP contribution in [0.3, 0.4) is 0 Å². The number of rotatable bonds is 4. The van der Waals surface area contributed by atoms with Gasteiger partial charge in [-0.15, -0.1) is 0 Å². The van der Waals surface area contributed by atoms with Crippen LogP contribution in [0.15, 0.2) is 30.3 Å². The van der Waals surface area contributed by atoms with Crippen molar-refractivity contribution in [3.05, 3.63) is 30.3 Å². The quantitative estimate of drug-likeness (QED) is 0.866. The number of aliphatic hydroxyl groups excluding tert-OH is 1. The predicted molar refractivity (Wildman–Crippen MR) is 71.7 cm³/mol. The van der Waals surface area contributed by atoms with E-state index in [4.69, 9.17) is 5.11 Å². The second-order valence-corrected chi connectivity index (χ2v) is 4.47. The second-order valence-electron chi connectivity index (χ2n) is 4.47. The van der Waals surface area contributed by atoms with Crippen molar-refractivity contribution in [3.63, 3.8) is 0 Å². The first kappa shape index (κ1) is 13.5. The maximum Gasteiger partial charge on any atom is 0.249 e. The molecule has 19 heavy (non-hydrogen) atoms. The number of hydrogen-bond acceptors (Lipinski definition) is 3. The van der Waals surface area contributed by atoms with Crippen molar-refractivity contribution in [2.75, 3.05) is 24.6 Å². The number of para-hydroxylation sites is 1. The average molecular weight is 262 g/mol. The molecule has 102 valence electrons. The Morgan fingerprint density at radius 3 is 2.68 bits per heavy atom. The Bertz CT molecular complexity index is 461. The number of benzene rings is 1. The monoisotopic (exact) mass is 262 g/mol. The molecule has 0 saturated carbocycles. The highest BCUT2D eigenvalue weighted by atomic mass is 16.3. The molecule has 1 saturated heterocycles. The third-order valence-electron chi connectivity index (χ3n) is 3.42. The van der Waals surface area contributed by atoms with E-state index in [-0.39, 0.29) is 5.91 Å². The normalized spacial score (nSPS) is 18.7. The molecule has 1 unspecified atom stereocenters. The number of carbonyl (C=O) groups excluding carboxylic acids is 2. The third-order valence-corrected chi connectivity index (χ3v) is 3.42. The topological polar surface area (TPSA) is 60.9 Å². The standard InChI is InChI=1S/C14H18N2O3/c1-2-15(13(18)10-17)12-8-9-16(14(12)19)11-6-4-3-5-7-11/h3-7,12,17H,2,8-10H2,1H3. The molecule has 1 N–H and O–H groups in total. The summed E-state index contributed by atoms with van der Waals surface area (Å²) in [5.41, 5.74) is 0.850. The van der Waals surface area contributed by atoms with Crippen molar-refractivity contribution in [2.24, 2.45) is 0 Å². The minimum atomic E-state index is -0.553. The summed E-state index contributed by atoms with van der Waals surface area (Å²) in [7, 11) is 0. The molecule has 1 aliphatic heterocycles. The molecule has 2 amide bonds. The van der Waals surface area contributed by atoms with Gasteiger partial charge in [0.2, 0.25) is 11.8 Å². The van der Waals surface area contributed by atoms with Crippen LogP contribution in [0, 0.1) is 0 Å². The molecule has 0 spiro atoms. The predicted octanol–water partition coefficient (Wildman–Crippen LogP) is 0.633. The number of likely N-dealkylation sites (N-methyl/N-ethyl adjacent to an activating group) is 1. The lowest BCUT2D eigenvalue weighted by atomic mass is 10.2. The number of aliphatic hydroxyl groups is 1. The van der Waals surface area contributed by atoms with Gasteiger partial charge in [0.1, 0.15) is 12.6 Å². The van der Waals surface area contributed by atoms with E-state index in [1.165, 1.54) is 4.90 Å². The molecule has 0 aromatic heterocycles. The lowest BCUT2D eigenvalue weighted by molar-refractivity contribution is -0.140. The molecule has 1 aromatic carbocycles. The fraction of sp³-hybridized carbons (Fsp3) is 0.429. The summed E-state index contributed by atoms with van der Waals surface area (Å²) in [5, 5.41) is 8.95. The van der Waals surface area contributed by atoms with Gasteiger partial charge in [-0.1, -0.05) is 18.2 Å². The lowest BCUT2D eigenvalue weighted by Gasteiger charge is -2.26. The minimum Gasteiger partial charge on any atom is -0.387 e. The van der Waals surface area contributed by atoms with E-state index in [1.807, 2.05) is 37.3 Å². The molecule has 1 atom stereocenters. The zero-order chi connectivity index (χ0) is 13.8. The molecule has 1 aliphatic rings. The van der Waals surface area contributed by atoms with E-state index in [1.54, 1.807) is 4.90 Å². The van der Waals surface area contributed by atoms with Crippen molar-refractivity contribution in [1.82, 2.24) is 4.90 Å². The SMILES string of the molecule is CCN(C(=O)CO)C1CCN(c2ccccc2)C1=O.